The highest BCUT2D eigenvalue weighted by molar-refractivity contribution is 6.35. The number of hydrogen-bond donors (Lipinski definition) is 2. The Balaban J connectivity index is 1.44. The van der Waals surface area contributed by atoms with E-state index in [4.69, 9.17) is 27.9 Å². The molecule has 3 fully saturated rings. The van der Waals surface area contributed by atoms with E-state index in [-0.39, 0.29) is 23.8 Å². The molecule has 1 aliphatic carbocycles. The summed E-state index contributed by atoms with van der Waals surface area (Å²) in [6, 6.07) is 4.04. The van der Waals surface area contributed by atoms with Gasteiger partial charge < -0.3 is 20.3 Å². The second-order valence-corrected chi connectivity index (χ2v) is 12.8. The first kappa shape index (κ1) is 27.5. The number of ether oxygens (including phenoxy) is 1. The molecule has 5 rings (SSSR count). The van der Waals surface area contributed by atoms with Crippen molar-refractivity contribution in [3.63, 3.8) is 0 Å². The van der Waals surface area contributed by atoms with Crippen molar-refractivity contribution < 1.29 is 19.1 Å². The molecule has 4 aliphatic rings. The number of likely N-dealkylation sites (tertiary alicyclic amines) is 1. The molecule has 3 amide bonds. The lowest BCUT2D eigenvalue weighted by Crippen LogP contribution is -2.58. The number of rotatable bonds is 7. The first-order valence-electron chi connectivity index (χ1n) is 13.8. The average molecular weight is 563 g/mol. The lowest BCUT2D eigenvalue weighted by atomic mass is 9.73. The summed E-state index contributed by atoms with van der Waals surface area (Å²) in [5.74, 6) is -1.07. The highest BCUT2D eigenvalue weighted by atomic mass is 35.5. The van der Waals surface area contributed by atoms with Crippen LogP contribution in [0.2, 0.25) is 10.0 Å². The summed E-state index contributed by atoms with van der Waals surface area (Å²) in [6.45, 7) is 9.03. The van der Waals surface area contributed by atoms with E-state index in [2.05, 4.69) is 38.3 Å². The number of anilines is 1. The molecule has 2 saturated heterocycles. The summed E-state index contributed by atoms with van der Waals surface area (Å²) in [7, 11) is 0. The molecule has 0 radical (unpaired) electrons. The molecule has 38 heavy (non-hydrogen) atoms. The van der Waals surface area contributed by atoms with Crippen LogP contribution < -0.4 is 10.6 Å². The molecule has 1 spiro atoms. The zero-order chi connectivity index (χ0) is 27.4. The number of carbonyl (C=O) groups is 3. The minimum atomic E-state index is -1.17. The molecular weight excluding hydrogens is 525 g/mol. The van der Waals surface area contributed by atoms with Gasteiger partial charge in [0.15, 0.2) is 0 Å². The summed E-state index contributed by atoms with van der Waals surface area (Å²) in [5.41, 5.74) is -0.717. The Hall–Kier alpha value is -2.09. The van der Waals surface area contributed by atoms with Crippen LogP contribution in [0.5, 0.6) is 0 Å². The molecule has 8 unspecified atom stereocenters. The van der Waals surface area contributed by atoms with E-state index in [1.807, 2.05) is 12.2 Å². The summed E-state index contributed by atoms with van der Waals surface area (Å²) >= 11 is 12.2. The fourth-order valence-electron chi connectivity index (χ4n) is 6.80. The van der Waals surface area contributed by atoms with Crippen LogP contribution >= 0.6 is 23.2 Å². The van der Waals surface area contributed by atoms with E-state index in [0.717, 1.165) is 25.7 Å². The standard InChI is InChI=1S/C29H37Cl2N3O4/c1-15(2)9-11-34-25(27(36)33-21-7-5-6-16(3)17(21)4)29-10-8-22(38-29)23(24(29)28(34)37)26(35)32-20-13-18(30)12-19(31)14-20/h8,10,12-17,21-25H,5-7,9,11H2,1-4H3,(H,32,35)(H,33,36). The van der Waals surface area contributed by atoms with Crippen LogP contribution in [0, 0.1) is 29.6 Å². The highest BCUT2D eigenvalue weighted by Crippen LogP contribution is 2.55. The fraction of sp³-hybridized carbons (Fsp3) is 0.621. The summed E-state index contributed by atoms with van der Waals surface area (Å²) < 4.78 is 6.43. The Bertz CT molecular complexity index is 1140. The average Bonchev–Trinajstić information content (AvgIpc) is 3.47. The molecule has 206 valence electrons. The lowest BCUT2D eigenvalue weighted by Gasteiger charge is -2.38. The van der Waals surface area contributed by atoms with Crippen LogP contribution in [0.25, 0.3) is 0 Å². The van der Waals surface area contributed by atoms with Gasteiger partial charge in [-0.05, 0) is 48.8 Å². The lowest BCUT2D eigenvalue weighted by molar-refractivity contribution is -0.141. The number of benzene rings is 1. The SMILES string of the molecule is CC(C)CCN1C(=O)C2C(C(=O)Nc3cc(Cl)cc(Cl)c3)C3C=CC2(O3)C1C(=O)NC1CCCC(C)C1C. The van der Waals surface area contributed by atoms with E-state index >= 15 is 0 Å². The van der Waals surface area contributed by atoms with Crippen molar-refractivity contribution in [2.45, 2.75) is 77.2 Å². The minimum absolute atomic E-state index is 0.0537. The van der Waals surface area contributed by atoms with Gasteiger partial charge in [-0.3, -0.25) is 14.4 Å². The first-order valence-corrected chi connectivity index (χ1v) is 14.5. The predicted molar refractivity (Wildman–Crippen MR) is 148 cm³/mol. The number of nitrogens with one attached hydrogen (secondary N) is 2. The second-order valence-electron chi connectivity index (χ2n) is 11.9. The van der Waals surface area contributed by atoms with Crippen LogP contribution in [-0.4, -0.2) is 53.0 Å². The third-order valence-electron chi connectivity index (χ3n) is 9.04. The first-order chi connectivity index (χ1) is 18.0. The van der Waals surface area contributed by atoms with E-state index < -0.39 is 29.6 Å². The van der Waals surface area contributed by atoms with Gasteiger partial charge in [0, 0.05) is 28.3 Å². The maximum atomic E-state index is 14.0. The molecule has 7 nitrogen and oxygen atoms in total. The van der Waals surface area contributed by atoms with E-state index in [1.165, 1.54) is 0 Å². The molecule has 8 atom stereocenters. The largest absolute Gasteiger partial charge is 0.359 e. The van der Waals surface area contributed by atoms with Crippen LogP contribution in [0.1, 0.15) is 53.4 Å². The maximum absolute atomic E-state index is 14.0. The topological polar surface area (TPSA) is 87.7 Å². The van der Waals surface area contributed by atoms with E-state index in [1.54, 1.807) is 23.1 Å². The third kappa shape index (κ3) is 4.75. The van der Waals surface area contributed by atoms with Crippen molar-refractivity contribution in [3.05, 3.63) is 40.4 Å². The minimum Gasteiger partial charge on any atom is -0.359 e. The van der Waals surface area contributed by atoms with Crippen molar-refractivity contribution in [1.29, 1.82) is 0 Å². The van der Waals surface area contributed by atoms with Crippen molar-refractivity contribution in [2.75, 3.05) is 11.9 Å². The molecule has 1 aromatic rings. The molecule has 3 heterocycles. The van der Waals surface area contributed by atoms with Gasteiger partial charge in [-0.2, -0.15) is 0 Å². The number of fused-ring (bicyclic) bond motifs is 1. The molecule has 3 aliphatic heterocycles. The molecular formula is C29H37Cl2N3O4. The Labute approximate surface area is 234 Å². The molecule has 2 N–H and O–H groups in total. The zero-order valence-corrected chi connectivity index (χ0v) is 23.9. The summed E-state index contributed by atoms with van der Waals surface area (Å²) in [5, 5.41) is 6.95. The summed E-state index contributed by atoms with van der Waals surface area (Å²) in [6.07, 6.45) is 6.99. The van der Waals surface area contributed by atoms with Crippen molar-refractivity contribution >= 4 is 46.6 Å². The van der Waals surface area contributed by atoms with Crippen molar-refractivity contribution in [1.82, 2.24) is 10.2 Å². The van der Waals surface area contributed by atoms with Gasteiger partial charge in [-0.25, -0.2) is 0 Å². The van der Waals surface area contributed by atoms with Gasteiger partial charge in [-0.15, -0.1) is 0 Å². The van der Waals surface area contributed by atoms with Gasteiger partial charge in [0.1, 0.15) is 11.6 Å². The van der Waals surface area contributed by atoms with Crippen LogP contribution in [0.3, 0.4) is 0 Å². The van der Waals surface area contributed by atoms with Gasteiger partial charge in [0.2, 0.25) is 17.7 Å². The van der Waals surface area contributed by atoms with Gasteiger partial charge >= 0.3 is 0 Å². The molecule has 1 aromatic carbocycles. The third-order valence-corrected chi connectivity index (χ3v) is 9.47. The van der Waals surface area contributed by atoms with E-state index in [0.29, 0.717) is 40.0 Å². The Kier molecular flexibility index (Phi) is 7.57. The van der Waals surface area contributed by atoms with Gasteiger partial charge in [0.25, 0.3) is 0 Å². The Morgan fingerprint density at radius 2 is 1.84 bits per heavy atom. The van der Waals surface area contributed by atoms with Crippen molar-refractivity contribution in [3.8, 4) is 0 Å². The normalized spacial score (nSPS) is 35.6. The number of carbonyl (C=O) groups excluding carboxylic acids is 3. The van der Waals surface area contributed by atoms with Crippen LogP contribution in [-0.2, 0) is 19.1 Å². The quantitative estimate of drug-likeness (QED) is 0.455. The maximum Gasteiger partial charge on any atom is 0.246 e. The number of nitrogens with zero attached hydrogens (tertiary/aromatic N) is 1. The summed E-state index contributed by atoms with van der Waals surface area (Å²) in [4.78, 5) is 43.2. The monoisotopic (exact) mass is 561 g/mol. The second kappa shape index (κ2) is 10.5. The molecule has 0 aromatic heterocycles. The Morgan fingerprint density at radius 3 is 2.53 bits per heavy atom. The Morgan fingerprint density at radius 1 is 1.13 bits per heavy atom. The van der Waals surface area contributed by atoms with Crippen LogP contribution in [0.15, 0.2) is 30.4 Å². The predicted octanol–water partition coefficient (Wildman–Crippen LogP) is 5.07. The van der Waals surface area contributed by atoms with Crippen molar-refractivity contribution in [2.24, 2.45) is 29.6 Å². The fourth-order valence-corrected chi connectivity index (χ4v) is 7.33. The number of hydrogen-bond acceptors (Lipinski definition) is 4. The van der Waals surface area contributed by atoms with E-state index in [9.17, 15) is 14.4 Å². The van der Waals surface area contributed by atoms with Gasteiger partial charge in [0.05, 0.1) is 17.9 Å². The van der Waals surface area contributed by atoms with Gasteiger partial charge in [-0.1, -0.05) is 75.9 Å². The highest BCUT2D eigenvalue weighted by Gasteiger charge is 2.72. The zero-order valence-electron chi connectivity index (χ0n) is 22.4. The number of amides is 3. The molecule has 1 saturated carbocycles. The van der Waals surface area contributed by atoms with Crippen LogP contribution in [0.4, 0.5) is 5.69 Å². The molecule has 2 bridgehead atoms. The number of halogens is 2. The smallest absolute Gasteiger partial charge is 0.246 e. The molecule has 9 heteroatoms.